The first-order valence-corrected chi connectivity index (χ1v) is 10.1. The number of aliphatic hydroxyl groups excluding tert-OH is 1. The fraction of sp³-hybridized carbons (Fsp3) is 0.381. The summed E-state index contributed by atoms with van der Waals surface area (Å²) < 4.78 is 47.7. The van der Waals surface area contributed by atoms with Crippen LogP contribution in [0.4, 0.5) is 24.5 Å². The second kappa shape index (κ2) is 8.22. The lowest BCUT2D eigenvalue weighted by molar-refractivity contribution is -0.116. The highest BCUT2D eigenvalue weighted by molar-refractivity contribution is 6.30. The number of rotatable bonds is 4. The van der Waals surface area contributed by atoms with Crippen LogP contribution in [0.2, 0.25) is 5.02 Å². The molecule has 4 rings (SSSR count). The average Bonchev–Trinajstić information content (AvgIpc) is 2.73. The Labute approximate surface area is 181 Å². The van der Waals surface area contributed by atoms with Crippen LogP contribution in [0, 0.1) is 17.5 Å². The lowest BCUT2D eigenvalue weighted by Crippen LogP contribution is -2.58. The minimum absolute atomic E-state index is 0.0119. The van der Waals surface area contributed by atoms with Gasteiger partial charge in [0.2, 0.25) is 5.91 Å². The van der Waals surface area contributed by atoms with Crippen molar-refractivity contribution in [2.45, 2.75) is 31.0 Å². The van der Waals surface area contributed by atoms with E-state index in [4.69, 9.17) is 16.3 Å². The second-order valence-electron chi connectivity index (χ2n) is 7.77. The van der Waals surface area contributed by atoms with Crippen molar-refractivity contribution in [2.75, 3.05) is 29.9 Å². The van der Waals surface area contributed by atoms with Gasteiger partial charge in [-0.15, -0.1) is 0 Å². The van der Waals surface area contributed by atoms with E-state index in [0.717, 1.165) is 18.2 Å². The lowest BCUT2D eigenvalue weighted by atomic mass is 9.89. The van der Waals surface area contributed by atoms with E-state index in [1.807, 2.05) is 0 Å². The molecule has 166 valence electrons. The van der Waals surface area contributed by atoms with Crippen LogP contribution in [-0.2, 0) is 11.2 Å². The Hall–Kier alpha value is -2.49. The molecule has 2 aromatic carbocycles. The van der Waals surface area contributed by atoms with Gasteiger partial charge >= 0.3 is 0 Å². The van der Waals surface area contributed by atoms with E-state index >= 15 is 0 Å². The molecule has 2 aromatic rings. The molecule has 0 aromatic heterocycles. The average molecular weight is 457 g/mol. The van der Waals surface area contributed by atoms with Gasteiger partial charge in [-0.1, -0.05) is 11.6 Å². The summed E-state index contributed by atoms with van der Waals surface area (Å²) in [5.41, 5.74) is -1.19. The summed E-state index contributed by atoms with van der Waals surface area (Å²) in [6.07, 6.45) is -0.851. The summed E-state index contributed by atoms with van der Waals surface area (Å²) in [6, 6.07) is 4.37. The number of nitrogens with zero attached hydrogens (tertiary/aromatic N) is 1. The Kier molecular flexibility index (Phi) is 5.76. The Balaban J connectivity index is 1.47. The number of carbonyl (C=O) groups excluding carboxylic acids is 1. The summed E-state index contributed by atoms with van der Waals surface area (Å²) in [4.78, 5) is 13.0. The molecule has 1 saturated heterocycles. The molecule has 0 bridgehead atoms. The van der Waals surface area contributed by atoms with Crippen LogP contribution in [0.15, 0.2) is 24.3 Å². The van der Waals surface area contributed by atoms with E-state index < -0.39 is 29.2 Å². The normalized spacial score (nSPS) is 23.4. The molecule has 2 heterocycles. The van der Waals surface area contributed by atoms with Crippen molar-refractivity contribution in [3.63, 3.8) is 0 Å². The lowest BCUT2D eigenvalue weighted by Gasteiger charge is -2.42. The third-order valence-corrected chi connectivity index (χ3v) is 6.01. The van der Waals surface area contributed by atoms with Crippen molar-refractivity contribution in [3.05, 3.63) is 52.3 Å². The number of carbonyl (C=O) groups is 1. The molecular weight excluding hydrogens is 437 g/mol. The fourth-order valence-corrected chi connectivity index (χ4v) is 4.02. The molecule has 2 aliphatic rings. The maximum atomic E-state index is 14.2. The van der Waals surface area contributed by atoms with Crippen LogP contribution in [0.25, 0.3) is 0 Å². The van der Waals surface area contributed by atoms with E-state index in [9.17, 15) is 28.2 Å². The van der Waals surface area contributed by atoms with Crippen LogP contribution in [0.3, 0.4) is 0 Å². The van der Waals surface area contributed by atoms with Gasteiger partial charge in [0.05, 0.1) is 16.4 Å². The number of ether oxygens (including phenoxy) is 1. The third-order valence-electron chi connectivity index (χ3n) is 5.72. The molecule has 1 fully saturated rings. The standard InChI is InChI=1S/C21H20ClF3N2O4/c22-12-7-15(25)16(8-14(12)24)27-6-5-21(30,18(28)9-27)10-31-17-3-2-13(23)20-11(17)1-4-19(29)26-20/h2-3,7-8,18,28,30H,1,4-6,9-10H2,(H,26,29)/t18-,21-/m1/s1. The van der Waals surface area contributed by atoms with Crippen LogP contribution in [0.5, 0.6) is 5.75 Å². The molecular formula is C21H20ClF3N2O4. The summed E-state index contributed by atoms with van der Waals surface area (Å²) in [6.45, 7) is -0.326. The van der Waals surface area contributed by atoms with Crippen molar-refractivity contribution in [2.24, 2.45) is 0 Å². The van der Waals surface area contributed by atoms with E-state index in [-0.39, 0.29) is 61.3 Å². The summed E-state index contributed by atoms with van der Waals surface area (Å²) in [5.74, 6) is -2.11. The molecule has 3 N–H and O–H groups in total. The van der Waals surface area contributed by atoms with E-state index in [1.54, 1.807) is 0 Å². The van der Waals surface area contributed by atoms with Crippen molar-refractivity contribution >= 4 is 28.9 Å². The number of hydrogen-bond donors (Lipinski definition) is 3. The molecule has 0 spiro atoms. The van der Waals surface area contributed by atoms with Crippen LogP contribution in [-0.4, -0.2) is 47.5 Å². The first kappa shape index (κ1) is 21.7. The Bertz CT molecular complexity index is 1040. The number of anilines is 2. The van der Waals surface area contributed by atoms with E-state index in [1.165, 1.54) is 11.0 Å². The van der Waals surface area contributed by atoms with Gasteiger partial charge in [0.1, 0.15) is 41.5 Å². The van der Waals surface area contributed by atoms with Gasteiger partial charge in [0, 0.05) is 31.1 Å². The quantitative estimate of drug-likeness (QED) is 0.616. The first-order chi connectivity index (χ1) is 14.7. The number of fused-ring (bicyclic) bond motifs is 1. The molecule has 2 aliphatic heterocycles. The zero-order valence-corrected chi connectivity index (χ0v) is 17.1. The minimum atomic E-state index is -1.66. The van der Waals surface area contributed by atoms with Gasteiger partial charge in [0.25, 0.3) is 0 Å². The molecule has 10 heteroatoms. The van der Waals surface area contributed by atoms with Crippen molar-refractivity contribution in [1.82, 2.24) is 0 Å². The number of β-amino-alcohol motifs (C(OH)–C–C–N with tert-alkyl or cyclic N) is 1. The number of piperidine rings is 1. The Morgan fingerprint density at radius 1 is 1.19 bits per heavy atom. The van der Waals surface area contributed by atoms with Gasteiger partial charge in [-0.05, 0) is 31.0 Å². The smallest absolute Gasteiger partial charge is 0.224 e. The van der Waals surface area contributed by atoms with E-state index in [0.29, 0.717) is 11.3 Å². The Morgan fingerprint density at radius 2 is 1.97 bits per heavy atom. The van der Waals surface area contributed by atoms with Gasteiger partial charge in [-0.3, -0.25) is 4.79 Å². The molecule has 0 unspecified atom stereocenters. The van der Waals surface area contributed by atoms with Crippen molar-refractivity contribution in [3.8, 4) is 5.75 Å². The molecule has 6 nitrogen and oxygen atoms in total. The van der Waals surface area contributed by atoms with Crippen molar-refractivity contribution in [1.29, 1.82) is 0 Å². The molecule has 0 aliphatic carbocycles. The number of halogens is 4. The number of nitrogens with one attached hydrogen (secondary N) is 1. The first-order valence-electron chi connectivity index (χ1n) is 9.72. The largest absolute Gasteiger partial charge is 0.490 e. The van der Waals surface area contributed by atoms with Gasteiger partial charge < -0.3 is 25.2 Å². The predicted octanol–water partition coefficient (Wildman–Crippen LogP) is 3.02. The summed E-state index contributed by atoms with van der Waals surface area (Å²) >= 11 is 5.58. The number of benzene rings is 2. The SMILES string of the molecule is O=C1CCc2c(OC[C@]3(O)CCN(c4cc(F)c(Cl)cc4F)C[C@H]3O)ccc(F)c2N1. The molecule has 2 atom stereocenters. The van der Waals surface area contributed by atoms with Crippen molar-refractivity contribution < 1.29 is 32.9 Å². The molecule has 0 saturated carbocycles. The topological polar surface area (TPSA) is 82.0 Å². The number of hydrogen-bond acceptors (Lipinski definition) is 5. The monoisotopic (exact) mass is 456 g/mol. The summed E-state index contributed by atoms with van der Waals surface area (Å²) in [5, 5.41) is 23.6. The maximum absolute atomic E-state index is 14.2. The zero-order valence-electron chi connectivity index (χ0n) is 16.3. The molecule has 31 heavy (non-hydrogen) atoms. The van der Waals surface area contributed by atoms with Crippen LogP contribution in [0.1, 0.15) is 18.4 Å². The zero-order chi connectivity index (χ0) is 22.3. The highest BCUT2D eigenvalue weighted by Gasteiger charge is 2.42. The minimum Gasteiger partial charge on any atom is -0.490 e. The second-order valence-corrected chi connectivity index (χ2v) is 8.18. The third kappa shape index (κ3) is 4.17. The van der Waals surface area contributed by atoms with Gasteiger partial charge in [0.15, 0.2) is 0 Å². The van der Waals surface area contributed by atoms with Gasteiger partial charge in [-0.25, -0.2) is 13.2 Å². The van der Waals surface area contributed by atoms with Crippen LogP contribution >= 0.6 is 11.6 Å². The van der Waals surface area contributed by atoms with E-state index in [2.05, 4.69) is 5.32 Å². The molecule has 1 amide bonds. The highest BCUT2D eigenvalue weighted by atomic mass is 35.5. The molecule has 0 radical (unpaired) electrons. The Morgan fingerprint density at radius 3 is 2.71 bits per heavy atom. The fourth-order valence-electron chi connectivity index (χ4n) is 3.87. The maximum Gasteiger partial charge on any atom is 0.224 e. The predicted molar refractivity (Wildman–Crippen MR) is 108 cm³/mol. The van der Waals surface area contributed by atoms with Crippen LogP contribution < -0.4 is 15.0 Å². The van der Waals surface area contributed by atoms with Gasteiger partial charge in [-0.2, -0.15) is 0 Å². The number of amides is 1. The highest BCUT2D eigenvalue weighted by Crippen LogP contribution is 2.35. The summed E-state index contributed by atoms with van der Waals surface area (Å²) in [7, 11) is 0. The number of aliphatic hydroxyl groups is 2.